The maximum absolute atomic E-state index is 15.1. The number of ether oxygens (including phenoxy) is 2. The number of phenolic OH excluding ortho intramolecular Hbond substituents is 1. The molecule has 5 rings (SSSR count). The highest BCUT2D eigenvalue weighted by atomic mass is 35.5. The van der Waals surface area contributed by atoms with Crippen LogP contribution in [0.1, 0.15) is 45.0 Å². The molecule has 2 aromatic rings. The van der Waals surface area contributed by atoms with E-state index in [1.807, 2.05) is 18.9 Å². The summed E-state index contributed by atoms with van der Waals surface area (Å²) in [7, 11) is 2.04. The van der Waals surface area contributed by atoms with Gasteiger partial charge in [-0.25, -0.2) is 14.2 Å². The van der Waals surface area contributed by atoms with Crippen LogP contribution in [0, 0.1) is 5.82 Å². The van der Waals surface area contributed by atoms with Crippen LogP contribution < -0.4 is 9.64 Å². The average Bonchev–Trinajstić information content (AvgIpc) is 3.04. The molecule has 0 saturated carbocycles. The van der Waals surface area contributed by atoms with Crippen LogP contribution in [0.4, 0.5) is 15.0 Å². The lowest BCUT2D eigenvalue weighted by atomic mass is 10.0. The smallest absolute Gasteiger partial charge is 0.410 e. The lowest BCUT2D eigenvalue weighted by molar-refractivity contribution is 0.000951. The zero-order chi connectivity index (χ0) is 29.8. The lowest BCUT2D eigenvalue weighted by Crippen LogP contribution is -2.58. The lowest BCUT2D eigenvalue weighted by Gasteiger charge is -2.45. The number of hydrogen-bond acceptors (Lipinski definition) is 8. The molecule has 1 aromatic heterocycles. The van der Waals surface area contributed by atoms with Gasteiger partial charge < -0.3 is 29.3 Å². The van der Waals surface area contributed by atoms with Gasteiger partial charge in [-0.2, -0.15) is 0 Å². The first-order valence-electron chi connectivity index (χ1n) is 13.9. The Morgan fingerprint density at radius 3 is 2.51 bits per heavy atom. The van der Waals surface area contributed by atoms with Gasteiger partial charge in [-0.1, -0.05) is 17.7 Å². The van der Waals surface area contributed by atoms with E-state index in [-0.39, 0.29) is 71.0 Å². The number of likely N-dealkylation sites (N-methyl/N-ethyl adjacent to an activating group) is 1. The van der Waals surface area contributed by atoms with Crippen LogP contribution >= 0.6 is 11.6 Å². The second kappa shape index (κ2) is 10.8. The summed E-state index contributed by atoms with van der Waals surface area (Å²) in [6.45, 7) is 11.7. The predicted octanol–water partition coefficient (Wildman–Crippen LogP) is 4.23. The highest BCUT2D eigenvalue weighted by Gasteiger charge is 2.43. The number of carbonyl (C=O) groups is 2. The summed E-state index contributed by atoms with van der Waals surface area (Å²) in [5, 5.41) is 10.6. The number of benzene rings is 1. The predicted molar refractivity (Wildman–Crippen MR) is 153 cm³/mol. The van der Waals surface area contributed by atoms with Gasteiger partial charge in [0, 0.05) is 44.8 Å². The van der Waals surface area contributed by atoms with Crippen LogP contribution in [0.5, 0.6) is 11.5 Å². The van der Waals surface area contributed by atoms with E-state index in [1.165, 1.54) is 18.2 Å². The van der Waals surface area contributed by atoms with Crippen LogP contribution in [0.25, 0.3) is 11.3 Å². The number of pyridine rings is 1. The molecule has 0 bridgehead atoms. The minimum Gasteiger partial charge on any atom is -0.507 e. The number of phenols is 1. The van der Waals surface area contributed by atoms with Crippen molar-refractivity contribution in [1.29, 1.82) is 0 Å². The number of rotatable bonds is 2. The Morgan fingerprint density at radius 1 is 1.12 bits per heavy atom. The van der Waals surface area contributed by atoms with Gasteiger partial charge in [-0.05, 0) is 53.8 Å². The van der Waals surface area contributed by atoms with Gasteiger partial charge in [-0.3, -0.25) is 9.69 Å². The molecule has 222 valence electrons. The van der Waals surface area contributed by atoms with Gasteiger partial charge in [0.05, 0.1) is 11.6 Å². The number of amides is 2. The maximum atomic E-state index is 15.1. The summed E-state index contributed by atoms with van der Waals surface area (Å²) >= 11 is 6.84. The Hall–Kier alpha value is -3.31. The average molecular weight is 590 g/mol. The third-order valence-electron chi connectivity index (χ3n) is 8.18. The van der Waals surface area contributed by atoms with E-state index in [0.717, 1.165) is 6.54 Å². The Morgan fingerprint density at radius 2 is 1.83 bits per heavy atom. The highest BCUT2D eigenvalue weighted by molar-refractivity contribution is 6.35. The molecule has 4 heterocycles. The van der Waals surface area contributed by atoms with Crippen molar-refractivity contribution < 1.29 is 28.6 Å². The first-order chi connectivity index (χ1) is 19.3. The molecule has 0 aliphatic carbocycles. The minimum absolute atomic E-state index is 0.00199. The van der Waals surface area contributed by atoms with Gasteiger partial charge in [0.25, 0.3) is 5.91 Å². The molecular weight excluding hydrogens is 553 g/mol. The molecule has 10 nitrogen and oxygen atoms in total. The van der Waals surface area contributed by atoms with E-state index >= 15 is 4.39 Å². The molecule has 3 aliphatic heterocycles. The summed E-state index contributed by atoms with van der Waals surface area (Å²) in [4.78, 5) is 39.4. The fraction of sp³-hybridized carbons (Fsp3) is 0.552. The third-order valence-corrected chi connectivity index (χ3v) is 8.53. The number of aromatic nitrogens is 1. The summed E-state index contributed by atoms with van der Waals surface area (Å²) < 4.78 is 26.9. The van der Waals surface area contributed by atoms with Crippen LogP contribution in [-0.4, -0.2) is 107 Å². The van der Waals surface area contributed by atoms with Gasteiger partial charge >= 0.3 is 6.09 Å². The molecule has 3 aliphatic rings. The zero-order valence-corrected chi connectivity index (χ0v) is 25.0. The van der Waals surface area contributed by atoms with Crippen molar-refractivity contribution in [2.45, 2.75) is 58.3 Å². The zero-order valence-electron chi connectivity index (χ0n) is 24.3. The molecule has 1 aromatic carbocycles. The number of piperazine rings is 2. The fourth-order valence-electron chi connectivity index (χ4n) is 5.66. The molecule has 0 unspecified atom stereocenters. The largest absolute Gasteiger partial charge is 0.507 e. The summed E-state index contributed by atoms with van der Waals surface area (Å²) in [6, 6.07) is 3.59. The van der Waals surface area contributed by atoms with Crippen molar-refractivity contribution in [3.05, 3.63) is 34.6 Å². The minimum atomic E-state index is -0.699. The quantitative estimate of drug-likeness (QED) is 0.556. The first-order valence-corrected chi connectivity index (χ1v) is 14.3. The number of fused-ring (bicyclic) bond motifs is 2. The van der Waals surface area contributed by atoms with Crippen LogP contribution in [-0.2, 0) is 4.74 Å². The normalized spacial score (nSPS) is 23.5. The van der Waals surface area contributed by atoms with Crippen molar-refractivity contribution in [1.82, 2.24) is 19.7 Å². The molecule has 12 heteroatoms. The summed E-state index contributed by atoms with van der Waals surface area (Å²) in [6.07, 6.45) is -0.454. The maximum Gasteiger partial charge on any atom is 0.410 e. The van der Waals surface area contributed by atoms with Gasteiger partial charge in [-0.15, -0.1) is 0 Å². The van der Waals surface area contributed by atoms with Gasteiger partial charge in [0.1, 0.15) is 45.9 Å². The fourth-order valence-corrected chi connectivity index (χ4v) is 5.95. The topological polar surface area (TPSA) is 98.7 Å². The number of hydrogen-bond donors (Lipinski definition) is 1. The monoisotopic (exact) mass is 589 g/mol. The standard InChI is InChI=1S/C29H37ClFN5O5/c1-16-17(2)35(12-10-33(16)6)26-22-25(23(30)24(32-26)21-19(31)8-7-9-20(21)37)40-15-18-14-34(11-13-36(18)27(22)38)28(39)41-29(3,4)5/h7-9,16-18,37H,10-15H2,1-6H3/t16-,17+,18-/m1/s1. The molecular formula is C29H37ClFN5O5. The Balaban J connectivity index is 1.61. The van der Waals surface area contributed by atoms with Crippen LogP contribution in [0.15, 0.2) is 18.2 Å². The second-order valence-corrected chi connectivity index (χ2v) is 12.4. The summed E-state index contributed by atoms with van der Waals surface area (Å²) in [5.74, 6) is -0.921. The van der Waals surface area contributed by atoms with E-state index in [9.17, 15) is 14.7 Å². The van der Waals surface area contributed by atoms with Crippen molar-refractivity contribution >= 4 is 29.4 Å². The summed E-state index contributed by atoms with van der Waals surface area (Å²) in [5.41, 5.74) is -0.617. The Kier molecular flexibility index (Phi) is 7.71. The number of anilines is 1. The molecule has 41 heavy (non-hydrogen) atoms. The van der Waals surface area contributed by atoms with Gasteiger partial charge in [0.2, 0.25) is 0 Å². The second-order valence-electron chi connectivity index (χ2n) is 12.0. The van der Waals surface area contributed by atoms with Gasteiger partial charge in [0.15, 0.2) is 5.75 Å². The molecule has 2 saturated heterocycles. The molecule has 2 fully saturated rings. The van der Waals surface area contributed by atoms with E-state index < -0.39 is 23.6 Å². The SMILES string of the molecule is C[C@@H]1[C@H](C)N(c2nc(-c3c(O)cccc3F)c(Cl)c3c2C(=O)N2CCN(C(=O)OC(C)(C)C)C[C@@H]2CO3)CCN1C. The van der Waals surface area contributed by atoms with Crippen molar-refractivity contribution in [3.63, 3.8) is 0 Å². The molecule has 1 N–H and O–H groups in total. The van der Waals surface area contributed by atoms with Crippen molar-refractivity contribution in [2.24, 2.45) is 0 Å². The Bertz CT molecular complexity index is 1350. The van der Waals surface area contributed by atoms with E-state index in [2.05, 4.69) is 11.8 Å². The number of nitrogens with zero attached hydrogens (tertiary/aromatic N) is 5. The highest BCUT2D eigenvalue weighted by Crippen LogP contribution is 2.46. The molecule has 0 radical (unpaired) electrons. The van der Waals surface area contributed by atoms with E-state index in [0.29, 0.717) is 18.9 Å². The molecule has 0 spiro atoms. The van der Waals surface area contributed by atoms with Crippen molar-refractivity contribution in [3.8, 4) is 22.8 Å². The number of halogens is 2. The Labute approximate surface area is 244 Å². The van der Waals surface area contributed by atoms with Crippen LogP contribution in [0.2, 0.25) is 5.02 Å². The van der Waals surface area contributed by atoms with Crippen LogP contribution in [0.3, 0.4) is 0 Å². The van der Waals surface area contributed by atoms with Crippen molar-refractivity contribution in [2.75, 3.05) is 51.3 Å². The third kappa shape index (κ3) is 5.37. The number of aromatic hydroxyl groups is 1. The first kappa shape index (κ1) is 29.2. The number of carbonyl (C=O) groups excluding carboxylic acids is 2. The molecule has 3 atom stereocenters. The van der Waals surface area contributed by atoms with E-state index in [4.69, 9.17) is 26.1 Å². The van der Waals surface area contributed by atoms with E-state index in [1.54, 1.807) is 30.6 Å². The molecule has 2 amide bonds.